The molecule has 29 heavy (non-hydrogen) atoms. The van der Waals surface area contributed by atoms with E-state index in [1.807, 2.05) is 4.72 Å². The van der Waals surface area contributed by atoms with Crippen molar-refractivity contribution in [2.24, 2.45) is 5.73 Å². The van der Waals surface area contributed by atoms with Gasteiger partial charge in [-0.25, -0.2) is 22.8 Å². The molecule has 0 radical (unpaired) electrons. The first kappa shape index (κ1) is 22.3. The second-order valence-corrected chi connectivity index (χ2v) is 8.35. The fraction of sp³-hybridized carbons (Fsp3) is 0.412. The quantitative estimate of drug-likeness (QED) is 0.454. The minimum absolute atomic E-state index is 0.115. The maximum absolute atomic E-state index is 12.6. The van der Waals surface area contributed by atoms with Gasteiger partial charge in [0.05, 0.1) is 12.3 Å². The molecular weight excluding hydrogens is 404 g/mol. The van der Waals surface area contributed by atoms with E-state index < -0.39 is 58.6 Å². The molecule has 4 N–H and O–H groups in total. The molecule has 1 aromatic rings. The van der Waals surface area contributed by atoms with Crippen molar-refractivity contribution in [3.63, 3.8) is 0 Å². The third-order valence-corrected chi connectivity index (χ3v) is 4.90. The molecule has 12 heteroatoms. The Kier molecular flexibility index (Phi) is 6.93. The van der Waals surface area contributed by atoms with Crippen LogP contribution in [0.1, 0.15) is 12.5 Å². The van der Waals surface area contributed by atoms with Gasteiger partial charge in [0, 0.05) is 6.42 Å². The number of nitrogens with zero attached hydrogens (tertiary/aromatic N) is 1. The number of amides is 4. The van der Waals surface area contributed by atoms with Crippen LogP contribution in [0.5, 0.6) is 0 Å². The summed E-state index contributed by atoms with van der Waals surface area (Å²) in [4.78, 5) is 49.3. The zero-order valence-corrected chi connectivity index (χ0v) is 16.6. The molecule has 1 fully saturated rings. The lowest BCUT2D eigenvalue weighted by Gasteiger charge is -2.24. The molecule has 0 unspecified atom stereocenters. The topological polar surface area (TPSA) is 165 Å². The highest BCUT2D eigenvalue weighted by molar-refractivity contribution is 7.88. The Balaban J connectivity index is 2.13. The molecule has 1 heterocycles. The number of primary amides is 1. The lowest BCUT2D eigenvalue weighted by Crippen LogP contribution is -2.57. The number of sulfonamides is 1. The second kappa shape index (κ2) is 9.01. The number of hydrogen-bond donors (Lipinski definition) is 3. The number of carbonyl (C=O) groups is 4. The van der Waals surface area contributed by atoms with Crippen LogP contribution in [0.2, 0.25) is 0 Å². The van der Waals surface area contributed by atoms with E-state index in [4.69, 9.17) is 10.5 Å². The number of hydrogen-bond acceptors (Lipinski definition) is 7. The summed E-state index contributed by atoms with van der Waals surface area (Å²) in [6.45, 7) is 0.796. The summed E-state index contributed by atoms with van der Waals surface area (Å²) in [6, 6.07) is 5.06. The standard InChI is InChI=1S/C17H22N4O7S/c1-10(20-29(2,26)27)16(24)21-13(9-28-17(21)25)15(23)19-12(14(18)22)8-11-6-4-3-5-7-11/h3-7,10,12-13,20H,8-9H2,1-2H3,(H2,18,22)(H,19,23)/t10-,12-,13-/m0/s1. The fourth-order valence-electron chi connectivity index (χ4n) is 2.78. The first-order valence-electron chi connectivity index (χ1n) is 8.60. The van der Waals surface area contributed by atoms with E-state index >= 15 is 0 Å². The number of carbonyl (C=O) groups excluding carboxylic acids is 4. The Labute approximate surface area is 167 Å². The van der Waals surface area contributed by atoms with Crippen LogP contribution < -0.4 is 15.8 Å². The highest BCUT2D eigenvalue weighted by Gasteiger charge is 2.44. The molecule has 2 rings (SSSR count). The molecule has 0 spiro atoms. The number of rotatable bonds is 8. The molecular formula is C17H22N4O7S. The van der Waals surface area contributed by atoms with E-state index in [-0.39, 0.29) is 6.42 Å². The molecule has 0 bridgehead atoms. The van der Waals surface area contributed by atoms with Crippen molar-refractivity contribution in [1.29, 1.82) is 0 Å². The van der Waals surface area contributed by atoms with Crippen molar-refractivity contribution in [3.05, 3.63) is 35.9 Å². The normalized spacial score (nSPS) is 18.6. The number of nitrogens with one attached hydrogen (secondary N) is 2. The fourth-order valence-corrected chi connectivity index (χ4v) is 3.52. The van der Waals surface area contributed by atoms with Crippen molar-refractivity contribution >= 4 is 33.8 Å². The third kappa shape index (κ3) is 5.99. The van der Waals surface area contributed by atoms with Crippen LogP contribution >= 0.6 is 0 Å². The summed E-state index contributed by atoms with van der Waals surface area (Å²) in [5.74, 6) is -2.58. The molecule has 1 saturated heterocycles. The summed E-state index contributed by atoms with van der Waals surface area (Å²) in [6.07, 6.45) is -0.121. The van der Waals surface area contributed by atoms with Gasteiger partial charge in [0.1, 0.15) is 12.6 Å². The van der Waals surface area contributed by atoms with Crippen molar-refractivity contribution in [2.75, 3.05) is 12.9 Å². The van der Waals surface area contributed by atoms with Gasteiger partial charge in [-0.05, 0) is 12.5 Å². The van der Waals surface area contributed by atoms with Gasteiger partial charge in [0.2, 0.25) is 21.8 Å². The van der Waals surface area contributed by atoms with Crippen LogP contribution in [-0.4, -0.2) is 68.1 Å². The predicted molar refractivity (Wildman–Crippen MR) is 101 cm³/mol. The van der Waals surface area contributed by atoms with E-state index in [1.165, 1.54) is 6.92 Å². The van der Waals surface area contributed by atoms with Gasteiger partial charge in [-0.1, -0.05) is 30.3 Å². The van der Waals surface area contributed by atoms with Crippen LogP contribution in [0.25, 0.3) is 0 Å². The maximum atomic E-state index is 12.6. The van der Waals surface area contributed by atoms with Crippen LogP contribution in [0, 0.1) is 0 Å². The molecule has 4 amide bonds. The Morgan fingerprint density at radius 3 is 2.45 bits per heavy atom. The highest BCUT2D eigenvalue weighted by atomic mass is 32.2. The Morgan fingerprint density at radius 2 is 1.90 bits per heavy atom. The zero-order chi connectivity index (χ0) is 21.8. The van der Waals surface area contributed by atoms with Gasteiger partial charge in [-0.15, -0.1) is 0 Å². The molecule has 1 aromatic carbocycles. The number of imide groups is 1. The summed E-state index contributed by atoms with van der Waals surface area (Å²) in [7, 11) is -3.73. The predicted octanol–water partition coefficient (Wildman–Crippen LogP) is -1.52. The van der Waals surface area contributed by atoms with Gasteiger partial charge >= 0.3 is 6.09 Å². The Bertz CT molecular complexity index is 904. The van der Waals surface area contributed by atoms with E-state index in [9.17, 15) is 27.6 Å². The summed E-state index contributed by atoms with van der Waals surface area (Å²) < 4.78 is 29.5. The van der Waals surface area contributed by atoms with Gasteiger partial charge in [0.15, 0.2) is 6.04 Å². The summed E-state index contributed by atoms with van der Waals surface area (Å²) >= 11 is 0. The smallest absolute Gasteiger partial charge is 0.417 e. The molecule has 0 saturated carbocycles. The summed E-state index contributed by atoms with van der Waals surface area (Å²) in [5, 5.41) is 2.42. The number of ether oxygens (including phenoxy) is 1. The van der Waals surface area contributed by atoms with Gasteiger partial charge in [-0.3, -0.25) is 14.4 Å². The SMILES string of the molecule is C[C@H](NS(C)(=O)=O)C(=O)N1C(=O)OC[C@H]1C(=O)N[C@@H](Cc1ccccc1)C(N)=O. The summed E-state index contributed by atoms with van der Waals surface area (Å²) in [5.41, 5.74) is 6.11. The van der Waals surface area contributed by atoms with Crippen molar-refractivity contribution in [3.8, 4) is 0 Å². The average Bonchev–Trinajstić information content (AvgIpc) is 3.01. The molecule has 11 nitrogen and oxygen atoms in total. The molecule has 1 aliphatic rings. The van der Waals surface area contributed by atoms with Crippen LogP contribution in [-0.2, 0) is 35.6 Å². The van der Waals surface area contributed by atoms with Gasteiger partial charge in [-0.2, -0.15) is 0 Å². The number of cyclic esters (lactones) is 1. The van der Waals surface area contributed by atoms with E-state index in [2.05, 4.69) is 5.32 Å². The van der Waals surface area contributed by atoms with E-state index in [0.717, 1.165) is 11.8 Å². The Morgan fingerprint density at radius 1 is 1.28 bits per heavy atom. The molecule has 0 aliphatic carbocycles. The molecule has 3 atom stereocenters. The van der Waals surface area contributed by atoms with Gasteiger partial charge in [0.25, 0.3) is 5.91 Å². The Hall–Kier alpha value is -2.99. The molecule has 1 aliphatic heterocycles. The lowest BCUT2D eigenvalue weighted by molar-refractivity contribution is -0.137. The largest absolute Gasteiger partial charge is 0.446 e. The zero-order valence-electron chi connectivity index (χ0n) is 15.8. The minimum atomic E-state index is -3.73. The number of nitrogens with two attached hydrogens (primary N) is 1. The van der Waals surface area contributed by atoms with Crippen molar-refractivity contribution in [1.82, 2.24) is 14.9 Å². The first-order chi connectivity index (χ1) is 13.5. The average molecular weight is 426 g/mol. The monoisotopic (exact) mass is 426 g/mol. The van der Waals surface area contributed by atoms with Crippen molar-refractivity contribution < 1.29 is 32.3 Å². The lowest BCUT2D eigenvalue weighted by atomic mass is 10.0. The second-order valence-electron chi connectivity index (χ2n) is 6.57. The molecule has 0 aromatic heterocycles. The maximum Gasteiger partial charge on any atom is 0.417 e. The third-order valence-electron chi connectivity index (χ3n) is 4.12. The number of benzene rings is 1. The minimum Gasteiger partial charge on any atom is -0.446 e. The molecule has 158 valence electrons. The van der Waals surface area contributed by atoms with Crippen molar-refractivity contribution in [2.45, 2.75) is 31.5 Å². The highest BCUT2D eigenvalue weighted by Crippen LogP contribution is 2.15. The van der Waals surface area contributed by atoms with Crippen LogP contribution in [0.3, 0.4) is 0 Å². The van der Waals surface area contributed by atoms with Crippen LogP contribution in [0.15, 0.2) is 30.3 Å². The van der Waals surface area contributed by atoms with Crippen LogP contribution in [0.4, 0.5) is 4.79 Å². The van der Waals surface area contributed by atoms with Gasteiger partial charge < -0.3 is 15.8 Å². The first-order valence-corrected chi connectivity index (χ1v) is 10.5. The van der Waals surface area contributed by atoms with E-state index in [0.29, 0.717) is 4.90 Å². The van der Waals surface area contributed by atoms with E-state index in [1.54, 1.807) is 30.3 Å².